The first-order valence-electron chi connectivity index (χ1n) is 9.94. The van der Waals surface area contributed by atoms with Crippen LogP contribution in [0.15, 0.2) is 39.5 Å². The van der Waals surface area contributed by atoms with E-state index < -0.39 is 17.8 Å². The largest absolute Gasteiger partial charge is 0.433 e. The monoisotopic (exact) mass is 536 g/mol. The molecule has 0 saturated carbocycles. The number of ketones is 1. The van der Waals surface area contributed by atoms with Crippen molar-refractivity contribution in [3.05, 3.63) is 63.6 Å². The molecule has 0 aliphatic heterocycles. The van der Waals surface area contributed by atoms with E-state index in [4.69, 9.17) is 4.52 Å². The van der Waals surface area contributed by atoms with E-state index >= 15 is 0 Å². The zero-order chi connectivity index (χ0) is 24.6. The Bertz CT molecular complexity index is 1410. The second-order valence-corrected chi connectivity index (χ2v) is 8.20. The standard InChI is InChI=1S/C21H16BrF3N6O3/c1-3-16(32)20-28-18(30-34-20)9-31-8-15(10(2)29-31)27-19(33)13-7-17(21(23,24)25)26-14-5-4-11(22)6-12(13)14/h4-8H,3,9H2,1-2H3,(H,27,33). The number of aryl methyl sites for hydroxylation is 1. The van der Waals surface area contributed by atoms with E-state index in [1.807, 2.05) is 0 Å². The van der Waals surface area contributed by atoms with Crippen LogP contribution in [0.2, 0.25) is 0 Å². The van der Waals surface area contributed by atoms with Gasteiger partial charge in [0.25, 0.3) is 11.8 Å². The van der Waals surface area contributed by atoms with Crippen LogP contribution in [-0.2, 0) is 12.7 Å². The first kappa shape index (κ1) is 23.5. The molecule has 34 heavy (non-hydrogen) atoms. The number of benzene rings is 1. The lowest BCUT2D eigenvalue weighted by molar-refractivity contribution is -0.140. The SMILES string of the molecule is CCC(=O)c1nc(Cn2cc(NC(=O)c3cc(C(F)(F)F)nc4ccc(Br)cc34)c(C)n2)no1. The van der Waals surface area contributed by atoms with Crippen molar-refractivity contribution in [3.8, 4) is 0 Å². The van der Waals surface area contributed by atoms with Gasteiger partial charge in [-0.15, -0.1) is 0 Å². The molecule has 0 saturated heterocycles. The van der Waals surface area contributed by atoms with Crippen LogP contribution < -0.4 is 5.32 Å². The summed E-state index contributed by atoms with van der Waals surface area (Å²) < 4.78 is 47.0. The molecule has 9 nitrogen and oxygen atoms in total. The number of hydrogen-bond donors (Lipinski definition) is 1. The van der Waals surface area contributed by atoms with Crippen LogP contribution in [0.5, 0.6) is 0 Å². The molecule has 0 aliphatic carbocycles. The Morgan fingerprint density at radius 1 is 1.21 bits per heavy atom. The first-order chi connectivity index (χ1) is 16.0. The lowest BCUT2D eigenvalue weighted by atomic mass is 10.1. The predicted octanol–water partition coefficient (Wildman–Crippen LogP) is 4.80. The first-order valence-corrected chi connectivity index (χ1v) is 10.7. The Morgan fingerprint density at radius 3 is 2.68 bits per heavy atom. The molecule has 0 spiro atoms. The van der Waals surface area contributed by atoms with E-state index in [2.05, 4.69) is 41.5 Å². The van der Waals surface area contributed by atoms with E-state index in [1.165, 1.54) is 23.0 Å². The van der Waals surface area contributed by atoms with E-state index in [0.717, 1.165) is 6.07 Å². The highest BCUT2D eigenvalue weighted by atomic mass is 79.9. The van der Waals surface area contributed by atoms with E-state index in [9.17, 15) is 22.8 Å². The van der Waals surface area contributed by atoms with Gasteiger partial charge < -0.3 is 9.84 Å². The van der Waals surface area contributed by atoms with Gasteiger partial charge in [-0.05, 0) is 31.2 Å². The lowest BCUT2D eigenvalue weighted by Crippen LogP contribution is -2.16. The van der Waals surface area contributed by atoms with Crippen LogP contribution in [0.4, 0.5) is 18.9 Å². The zero-order valence-electron chi connectivity index (χ0n) is 17.8. The normalized spacial score (nSPS) is 11.7. The summed E-state index contributed by atoms with van der Waals surface area (Å²) in [6.07, 6.45) is -3.02. The minimum Gasteiger partial charge on any atom is -0.331 e. The van der Waals surface area contributed by atoms with E-state index in [-0.39, 0.29) is 52.6 Å². The minimum absolute atomic E-state index is 0.0325. The summed E-state index contributed by atoms with van der Waals surface area (Å²) in [5, 5.41) is 10.8. The molecule has 3 heterocycles. The van der Waals surface area contributed by atoms with Crippen molar-refractivity contribution >= 4 is 44.2 Å². The molecular formula is C21H16BrF3N6O3. The number of fused-ring (bicyclic) bond motifs is 1. The quantitative estimate of drug-likeness (QED) is 0.352. The molecule has 0 bridgehead atoms. The van der Waals surface area contributed by atoms with Gasteiger partial charge in [-0.1, -0.05) is 28.0 Å². The number of alkyl halides is 3. The van der Waals surface area contributed by atoms with Gasteiger partial charge in [-0.3, -0.25) is 14.3 Å². The number of pyridine rings is 1. The van der Waals surface area contributed by atoms with Crippen molar-refractivity contribution in [2.45, 2.75) is 33.0 Å². The second-order valence-electron chi connectivity index (χ2n) is 7.29. The molecule has 1 amide bonds. The number of carbonyl (C=O) groups is 2. The van der Waals surface area contributed by atoms with E-state index in [0.29, 0.717) is 10.2 Å². The lowest BCUT2D eigenvalue weighted by Gasteiger charge is -2.12. The second kappa shape index (κ2) is 8.97. The van der Waals surface area contributed by atoms with Gasteiger partial charge in [0, 0.05) is 22.5 Å². The summed E-state index contributed by atoms with van der Waals surface area (Å²) in [4.78, 5) is 32.3. The summed E-state index contributed by atoms with van der Waals surface area (Å²) in [5.74, 6) is -0.949. The van der Waals surface area contributed by atoms with Crippen LogP contribution in [0, 0.1) is 6.92 Å². The van der Waals surface area contributed by atoms with Crippen molar-refractivity contribution in [2.24, 2.45) is 0 Å². The number of hydrogen-bond acceptors (Lipinski definition) is 7. The predicted molar refractivity (Wildman–Crippen MR) is 117 cm³/mol. The van der Waals surface area contributed by atoms with Crippen LogP contribution in [-0.4, -0.2) is 36.6 Å². The number of anilines is 1. The van der Waals surface area contributed by atoms with Gasteiger partial charge in [0.1, 0.15) is 12.2 Å². The van der Waals surface area contributed by atoms with Gasteiger partial charge in [-0.2, -0.15) is 23.3 Å². The van der Waals surface area contributed by atoms with Gasteiger partial charge in [-0.25, -0.2) is 4.98 Å². The zero-order valence-corrected chi connectivity index (χ0v) is 19.4. The Morgan fingerprint density at radius 2 is 1.97 bits per heavy atom. The van der Waals surface area contributed by atoms with Crippen LogP contribution in [0.25, 0.3) is 10.9 Å². The number of aromatic nitrogens is 5. The molecule has 1 aromatic carbocycles. The number of Topliss-reactive ketones (excluding diaryl/α,β-unsaturated/α-hetero) is 1. The minimum atomic E-state index is -4.72. The average molecular weight is 537 g/mol. The summed E-state index contributed by atoms with van der Waals surface area (Å²) in [6, 6.07) is 5.19. The maximum Gasteiger partial charge on any atom is 0.433 e. The Hall–Kier alpha value is -3.61. The molecule has 1 N–H and O–H groups in total. The molecule has 176 valence electrons. The molecule has 4 aromatic rings. The smallest absolute Gasteiger partial charge is 0.331 e. The molecule has 13 heteroatoms. The van der Waals surface area contributed by atoms with Crippen molar-refractivity contribution in [1.29, 1.82) is 0 Å². The van der Waals surface area contributed by atoms with E-state index in [1.54, 1.807) is 19.9 Å². The fraction of sp³-hybridized carbons (Fsp3) is 0.238. The highest BCUT2D eigenvalue weighted by molar-refractivity contribution is 9.10. The summed E-state index contributed by atoms with van der Waals surface area (Å²) in [6.45, 7) is 3.34. The Balaban J connectivity index is 1.62. The highest BCUT2D eigenvalue weighted by Gasteiger charge is 2.34. The summed E-state index contributed by atoms with van der Waals surface area (Å²) >= 11 is 3.27. The fourth-order valence-electron chi connectivity index (χ4n) is 3.17. The Labute approximate surface area is 198 Å². The third-order valence-corrected chi connectivity index (χ3v) is 5.32. The number of nitrogens with one attached hydrogen (secondary N) is 1. The number of nitrogens with zero attached hydrogens (tertiary/aromatic N) is 5. The topological polar surface area (TPSA) is 116 Å². The molecular weight excluding hydrogens is 521 g/mol. The van der Waals surface area contributed by atoms with Gasteiger partial charge in [0.2, 0.25) is 5.78 Å². The molecule has 0 atom stereocenters. The van der Waals surface area contributed by atoms with Crippen molar-refractivity contribution in [3.63, 3.8) is 0 Å². The number of halogens is 4. The van der Waals surface area contributed by atoms with Crippen LogP contribution in [0.1, 0.15) is 51.6 Å². The van der Waals surface area contributed by atoms with Crippen molar-refractivity contribution in [1.82, 2.24) is 24.9 Å². The molecule has 0 aliphatic rings. The summed E-state index contributed by atoms with van der Waals surface area (Å²) in [7, 11) is 0. The van der Waals surface area contributed by atoms with Crippen LogP contribution in [0.3, 0.4) is 0 Å². The molecule has 3 aromatic heterocycles. The number of amides is 1. The Kier molecular flexibility index (Phi) is 6.21. The third kappa shape index (κ3) is 4.83. The van der Waals surface area contributed by atoms with Crippen molar-refractivity contribution in [2.75, 3.05) is 5.32 Å². The fourth-order valence-corrected chi connectivity index (χ4v) is 3.53. The van der Waals surface area contributed by atoms with Crippen LogP contribution >= 0.6 is 15.9 Å². The van der Waals surface area contributed by atoms with Gasteiger partial charge in [0.15, 0.2) is 5.82 Å². The van der Waals surface area contributed by atoms with Crippen molar-refractivity contribution < 1.29 is 27.3 Å². The van der Waals surface area contributed by atoms with Gasteiger partial charge >= 0.3 is 6.18 Å². The molecule has 0 unspecified atom stereocenters. The molecule has 0 radical (unpaired) electrons. The number of rotatable bonds is 6. The molecule has 0 fully saturated rings. The maximum absolute atomic E-state index is 13.4. The van der Waals surface area contributed by atoms with Gasteiger partial charge in [0.05, 0.1) is 22.5 Å². The maximum atomic E-state index is 13.4. The third-order valence-electron chi connectivity index (χ3n) is 4.83. The average Bonchev–Trinajstić information content (AvgIpc) is 3.38. The number of carbonyl (C=O) groups excluding carboxylic acids is 2. The molecule has 4 rings (SSSR count). The highest BCUT2D eigenvalue weighted by Crippen LogP contribution is 2.32. The summed E-state index contributed by atoms with van der Waals surface area (Å²) in [5.41, 5.74) is -0.629.